The molecule has 0 aromatic heterocycles. The van der Waals surface area contributed by atoms with Crippen LogP contribution in [0.1, 0.15) is 69.6 Å². The third kappa shape index (κ3) is 6.57. The molecule has 1 aromatic carbocycles. The molecule has 0 atom stereocenters. The van der Waals surface area contributed by atoms with Gasteiger partial charge >= 0.3 is 0 Å². The number of hydrogen-bond acceptors (Lipinski definition) is 1. The number of unbranched alkanes of at least 4 members (excludes halogenated alkanes) is 3. The van der Waals surface area contributed by atoms with Crippen molar-refractivity contribution in [2.45, 2.75) is 72.6 Å². The van der Waals surface area contributed by atoms with Crippen molar-refractivity contribution in [3.63, 3.8) is 0 Å². The summed E-state index contributed by atoms with van der Waals surface area (Å²) in [6.07, 6.45) is 16.9. The molecule has 1 heteroatoms. The van der Waals surface area contributed by atoms with Gasteiger partial charge < -0.3 is 4.90 Å². The van der Waals surface area contributed by atoms with Gasteiger partial charge in [-0.3, -0.25) is 0 Å². The van der Waals surface area contributed by atoms with E-state index in [1.807, 2.05) is 13.0 Å². The van der Waals surface area contributed by atoms with Gasteiger partial charge in [0.1, 0.15) is 0 Å². The molecule has 0 radical (unpaired) electrons. The van der Waals surface area contributed by atoms with Crippen LogP contribution < -0.4 is 4.90 Å². The smallest absolute Gasteiger partial charge is 0.0413 e. The monoisotopic (exact) mass is 339 g/mol. The van der Waals surface area contributed by atoms with Crippen molar-refractivity contribution in [3.8, 4) is 0 Å². The highest BCUT2D eigenvalue weighted by atomic mass is 15.1. The molecule has 0 saturated heterocycles. The number of anilines is 1. The second-order valence-electron chi connectivity index (χ2n) is 6.83. The summed E-state index contributed by atoms with van der Waals surface area (Å²) in [4.78, 5) is 2.26. The standard InChI is InChI=1S/C24H37N/c1-7-11-14-16-22-19-24(18-21(20(22)5)15-12-8-2)25(6)23(10-4)17-13-9-3/h9-10,13,17-19H,4,7-8,11-12,14-16H2,1-3,5-6H3/b13-9-,23-17+. The van der Waals surface area contributed by atoms with Gasteiger partial charge in [0, 0.05) is 18.4 Å². The maximum Gasteiger partial charge on any atom is 0.0413 e. The minimum absolute atomic E-state index is 1.13. The predicted octanol–water partition coefficient (Wildman–Crippen LogP) is 7.15. The van der Waals surface area contributed by atoms with Crippen molar-refractivity contribution in [2.24, 2.45) is 0 Å². The highest BCUT2D eigenvalue weighted by molar-refractivity contribution is 5.59. The number of rotatable bonds is 11. The van der Waals surface area contributed by atoms with Gasteiger partial charge in [0.25, 0.3) is 0 Å². The molecule has 0 N–H and O–H groups in total. The van der Waals surface area contributed by atoms with E-state index in [0.717, 1.165) is 5.70 Å². The molecule has 0 bridgehead atoms. The lowest BCUT2D eigenvalue weighted by Crippen LogP contribution is -2.16. The summed E-state index contributed by atoms with van der Waals surface area (Å²) in [7, 11) is 2.14. The molecule has 0 saturated carbocycles. The molecule has 0 spiro atoms. The van der Waals surface area contributed by atoms with E-state index in [2.05, 4.69) is 69.7 Å². The number of aryl methyl sites for hydroxylation is 2. The highest BCUT2D eigenvalue weighted by Gasteiger charge is 2.11. The Labute approximate surface area is 156 Å². The zero-order valence-corrected chi connectivity index (χ0v) is 17.1. The number of allylic oxidation sites excluding steroid dienone is 4. The Morgan fingerprint density at radius 3 is 2.16 bits per heavy atom. The van der Waals surface area contributed by atoms with Gasteiger partial charge in [-0.2, -0.15) is 0 Å². The zero-order valence-electron chi connectivity index (χ0n) is 17.1. The quantitative estimate of drug-likeness (QED) is 0.305. The van der Waals surface area contributed by atoms with Crippen LogP contribution in [0.2, 0.25) is 0 Å². The molecule has 1 nitrogen and oxygen atoms in total. The Morgan fingerprint density at radius 2 is 1.64 bits per heavy atom. The lowest BCUT2D eigenvalue weighted by molar-refractivity contribution is 0.713. The van der Waals surface area contributed by atoms with Crippen LogP contribution in [0.3, 0.4) is 0 Å². The highest BCUT2D eigenvalue weighted by Crippen LogP contribution is 2.28. The Hall–Kier alpha value is -1.76. The average molecular weight is 340 g/mol. The summed E-state index contributed by atoms with van der Waals surface area (Å²) in [5, 5.41) is 0. The van der Waals surface area contributed by atoms with E-state index in [1.165, 1.54) is 67.3 Å². The molecule has 0 fully saturated rings. The van der Waals surface area contributed by atoms with Crippen molar-refractivity contribution >= 4 is 5.69 Å². The van der Waals surface area contributed by atoms with Gasteiger partial charge in [0.05, 0.1) is 0 Å². The Balaban J connectivity index is 3.23. The van der Waals surface area contributed by atoms with Crippen molar-refractivity contribution in [3.05, 3.63) is 65.4 Å². The molecule has 1 aromatic rings. The first-order valence-electron chi connectivity index (χ1n) is 9.90. The van der Waals surface area contributed by atoms with Crippen LogP contribution in [0.5, 0.6) is 0 Å². The van der Waals surface area contributed by atoms with Crippen molar-refractivity contribution in [1.29, 1.82) is 0 Å². The van der Waals surface area contributed by atoms with E-state index in [1.54, 1.807) is 0 Å². The van der Waals surface area contributed by atoms with E-state index in [0.29, 0.717) is 0 Å². The molecule has 0 aliphatic heterocycles. The fourth-order valence-corrected chi connectivity index (χ4v) is 3.13. The van der Waals surface area contributed by atoms with Crippen molar-refractivity contribution in [2.75, 3.05) is 11.9 Å². The van der Waals surface area contributed by atoms with E-state index in [9.17, 15) is 0 Å². The molecule has 0 heterocycles. The van der Waals surface area contributed by atoms with Gasteiger partial charge in [-0.15, -0.1) is 0 Å². The Morgan fingerprint density at radius 1 is 1.04 bits per heavy atom. The molecule has 1 rings (SSSR count). The van der Waals surface area contributed by atoms with Gasteiger partial charge in [-0.25, -0.2) is 0 Å². The van der Waals surface area contributed by atoms with E-state index in [4.69, 9.17) is 0 Å². The third-order valence-corrected chi connectivity index (χ3v) is 4.90. The third-order valence-electron chi connectivity index (χ3n) is 4.90. The molecular weight excluding hydrogens is 302 g/mol. The summed E-state index contributed by atoms with van der Waals surface area (Å²) < 4.78 is 0. The van der Waals surface area contributed by atoms with Crippen LogP contribution in [0.15, 0.2) is 48.7 Å². The number of hydrogen-bond donors (Lipinski definition) is 0. The maximum absolute atomic E-state index is 3.99. The maximum atomic E-state index is 3.99. The lowest BCUT2D eigenvalue weighted by Gasteiger charge is -2.24. The zero-order chi connectivity index (χ0) is 18.7. The molecular formula is C24H37N. The Kier molecular flexibility index (Phi) is 9.99. The minimum atomic E-state index is 1.13. The summed E-state index contributed by atoms with van der Waals surface area (Å²) in [6, 6.07) is 4.76. The molecule has 0 unspecified atom stereocenters. The summed E-state index contributed by atoms with van der Waals surface area (Å²) in [5.41, 5.74) is 6.92. The molecule has 0 aliphatic rings. The summed E-state index contributed by atoms with van der Waals surface area (Å²) in [6.45, 7) is 12.9. The lowest BCUT2D eigenvalue weighted by atomic mass is 9.94. The second kappa shape index (κ2) is 11.7. The molecule has 25 heavy (non-hydrogen) atoms. The first kappa shape index (κ1) is 21.3. The van der Waals surface area contributed by atoms with Gasteiger partial charge in [0.15, 0.2) is 0 Å². The molecule has 0 aliphatic carbocycles. The fraction of sp³-hybridized carbons (Fsp3) is 0.500. The van der Waals surface area contributed by atoms with Crippen molar-refractivity contribution in [1.82, 2.24) is 0 Å². The summed E-state index contributed by atoms with van der Waals surface area (Å²) >= 11 is 0. The van der Waals surface area contributed by atoms with Crippen LogP contribution in [-0.4, -0.2) is 7.05 Å². The van der Waals surface area contributed by atoms with Crippen LogP contribution in [0, 0.1) is 6.92 Å². The first-order valence-corrected chi connectivity index (χ1v) is 9.90. The van der Waals surface area contributed by atoms with Crippen LogP contribution in [0.4, 0.5) is 5.69 Å². The molecule has 138 valence electrons. The van der Waals surface area contributed by atoms with E-state index < -0.39 is 0 Å². The fourth-order valence-electron chi connectivity index (χ4n) is 3.13. The van der Waals surface area contributed by atoms with Gasteiger partial charge in [0.2, 0.25) is 0 Å². The number of nitrogens with zero attached hydrogens (tertiary/aromatic N) is 1. The van der Waals surface area contributed by atoms with Crippen molar-refractivity contribution < 1.29 is 0 Å². The number of benzene rings is 1. The minimum Gasteiger partial charge on any atom is -0.345 e. The summed E-state index contributed by atoms with van der Waals surface area (Å²) in [5.74, 6) is 0. The van der Waals surface area contributed by atoms with Crippen LogP contribution in [0.25, 0.3) is 0 Å². The topological polar surface area (TPSA) is 3.24 Å². The average Bonchev–Trinajstić information content (AvgIpc) is 2.62. The normalized spacial score (nSPS) is 12.0. The second-order valence-corrected chi connectivity index (χ2v) is 6.83. The first-order chi connectivity index (χ1) is 12.1. The van der Waals surface area contributed by atoms with E-state index in [-0.39, 0.29) is 0 Å². The number of likely N-dealkylation sites (N-methyl/N-ethyl adjacent to an activating group) is 1. The predicted molar refractivity (Wildman–Crippen MR) is 115 cm³/mol. The van der Waals surface area contributed by atoms with Crippen LogP contribution in [-0.2, 0) is 12.8 Å². The van der Waals surface area contributed by atoms with E-state index >= 15 is 0 Å². The largest absolute Gasteiger partial charge is 0.345 e. The van der Waals surface area contributed by atoms with Crippen LogP contribution >= 0.6 is 0 Å². The SMILES string of the molecule is C=C/C(=C\C=C/C)N(C)c1cc(CCCC)c(C)c(CCCCC)c1. The van der Waals surface area contributed by atoms with Gasteiger partial charge in [-0.1, -0.05) is 51.8 Å². The van der Waals surface area contributed by atoms with Gasteiger partial charge in [-0.05, 0) is 80.5 Å². The molecule has 0 amide bonds. The Bertz CT molecular complexity index is 592.